The van der Waals surface area contributed by atoms with Crippen LogP contribution in [0.2, 0.25) is 23.2 Å². The minimum Gasteiger partial charge on any atom is -0.458 e. The molecule has 1 heterocycles. The SMILES string of the molecule is CC(C)(C)[Si](C)(C)O[C@@H]1CC[C@@H](CO[Si](c2ccccc2)(c2ccccc2)C(C)(C)C)OC1=O. The maximum Gasteiger partial charge on any atom is 0.334 e. The van der Waals surface area contributed by atoms with Gasteiger partial charge in [-0.1, -0.05) is 102 Å². The van der Waals surface area contributed by atoms with Crippen molar-refractivity contribution in [3.05, 3.63) is 60.7 Å². The molecule has 1 saturated heterocycles. The predicted octanol–water partition coefficient (Wildman–Crippen LogP) is 5.66. The lowest BCUT2D eigenvalue weighted by Crippen LogP contribution is -2.67. The van der Waals surface area contributed by atoms with Crippen molar-refractivity contribution in [1.29, 1.82) is 0 Å². The number of carbonyl (C=O) groups excluding carboxylic acids is 1. The van der Waals surface area contributed by atoms with Crippen LogP contribution in [-0.4, -0.2) is 41.4 Å². The molecule has 3 rings (SSSR count). The largest absolute Gasteiger partial charge is 0.458 e. The van der Waals surface area contributed by atoms with Crippen LogP contribution in [0.3, 0.4) is 0 Å². The van der Waals surface area contributed by atoms with Crippen LogP contribution in [-0.2, 0) is 18.4 Å². The van der Waals surface area contributed by atoms with Gasteiger partial charge >= 0.3 is 5.97 Å². The average molecular weight is 499 g/mol. The lowest BCUT2D eigenvalue weighted by Gasteiger charge is -2.44. The van der Waals surface area contributed by atoms with Gasteiger partial charge in [-0.05, 0) is 46.4 Å². The molecular weight excluding hydrogens is 456 g/mol. The molecule has 0 unspecified atom stereocenters. The number of esters is 1. The summed E-state index contributed by atoms with van der Waals surface area (Å²) in [5, 5.41) is 2.41. The second-order valence-corrected chi connectivity index (χ2v) is 21.0. The Balaban J connectivity index is 1.81. The number of cyclic esters (lactones) is 1. The highest BCUT2D eigenvalue weighted by Crippen LogP contribution is 2.39. The van der Waals surface area contributed by atoms with Crippen LogP contribution in [0.5, 0.6) is 0 Å². The van der Waals surface area contributed by atoms with E-state index in [0.29, 0.717) is 13.0 Å². The Hall–Kier alpha value is -1.74. The third kappa shape index (κ3) is 5.56. The summed E-state index contributed by atoms with van der Waals surface area (Å²) >= 11 is 0. The fourth-order valence-corrected chi connectivity index (χ4v) is 10.4. The first kappa shape index (κ1) is 26.9. The highest BCUT2D eigenvalue weighted by molar-refractivity contribution is 6.99. The second kappa shape index (κ2) is 10.1. The standard InChI is InChI=1S/C28H42O4Si2/c1-27(2,3)33(7,8)32-25-20-19-22(31-26(25)29)21-30-34(28(4,5)6,23-15-11-9-12-16-23)24-17-13-10-14-18-24/h9-18,22,25H,19-21H2,1-8H3/t22-,25+/m0/s1. The van der Waals surface area contributed by atoms with E-state index in [1.165, 1.54) is 10.4 Å². The molecule has 0 spiro atoms. The summed E-state index contributed by atoms with van der Waals surface area (Å²) < 4.78 is 19.2. The predicted molar refractivity (Wildman–Crippen MR) is 145 cm³/mol. The Bertz CT molecular complexity index is 906. The van der Waals surface area contributed by atoms with E-state index in [9.17, 15) is 4.79 Å². The highest BCUT2D eigenvalue weighted by Gasteiger charge is 2.51. The highest BCUT2D eigenvalue weighted by atomic mass is 28.4. The van der Waals surface area contributed by atoms with Gasteiger partial charge in [0.15, 0.2) is 8.32 Å². The van der Waals surface area contributed by atoms with Crippen molar-refractivity contribution in [2.45, 2.75) is 89.8 Å². The van der Waals surface area contributed by atoms with Crippen LogP contribution in [0.15, 0.2) is 60.7 Å². The molecule has 2 atom stereocenters. The molecule has 2 aromatic rings. The summed E-state index contributed by atoms with van der Waals surface area (Å²) in [5.74, 6) is -0.243. The fourth-order valence-electron chi connectivity index (χ4n) is 4.49. The molecule has 0 bridgehead atoms. The van der Waals surface area contributed by atoms with E-state index >= 15 is 0 Å². The molecule has 0 aromatic heterocycles. The van der Waals surface area contributed by atoms with Crippen LogP contribution in [0, 0.1) is 0 Å². The van der Waals surface area contributed by atoms with Crippen LogP contribution < -0.4 is 10.4 Å². The molecule has 2 aromatic carbocycles. The second-order valence-electron chi connectivity index (χ2n) is 12.0. The van der Waals surface area contributed by atoms with E-state index < -0.39 is 22.7 Å². The Kier molecular flexibility index (Phi) is 7.97. The summed E-state index contributed by atoms with van der Waals surface area (Å²) in [6.45, 7) is 18.1. The molecule has 0 radical (unpaired) electrons. The monoisotopic (exact) mass is 498 g/mol. The quantitative estimate of drug-likeness (QED) is 0.365. The number of hydrogen-bond donors (Lipinski definition) is 0. The number of hydrogen-bond acceptors (Lipinski definition) is 4. The normalized spacial score (nSPS) is 20.2. The smallest absolute Gasteiger partial charge is 0.334 e. The third-order valence-electron chi connectivity index (χ3n) is 7.44. The van der Waals surface area contributed by atoms with Crippen molar-refractivity contribution in [3.63, 3.8) is 0 Å². The van der Waals surface area contributed by atoms with Crippen molar-refractivity contribution in [3.8, 4) is 0 Å². The van der Waals surface area contributed by atoms with Crippen molar-refractivity contribution in [2.75, 3.05) is 6.61 Å². The van der Waals surface area contributed by atoms with Gasteiger partial charge in [0, 0.05) is 0 Å². The molecule has 1 aliphatic heterocycles. The number of ether oxygens (including phenoxy) is 1. The number of carbonyl (C=O) groups is 1. The topological polar surface area (TPSA) is 44.8 Å². The molecule has 1 aliphatic rings. The zero-order valence-corrected chi connectivity index (χ0v) is 24.2. The molecule has 0 amide bonds. The average Bonchev–Trinajstić information content (AvgIpc) is 2.76. The first-order chi connectivity index (χ1) is 15.8. The van der Waals surface area contributed by atoms with Gasteiger partial charge < -0.3 is 13.6 Å². The summed E-state index contributed by atoms with van der Waals surface area (Å²) in [6, 6.07) is 21.1. The van der Waals surface area contributed by atoms with Gasteiger partial charge in [0.25, 0.3) is 8.32 Å². The van der Waals surface area contributed by atoms with Gasteiger partial charge in [0.05, 0.1) is 6.61 Å². The van der Waals surface area contributed by atoms with Crippen molar-refractivity contribution in [1.82, 2.24) is 0 Å². The van der Waals surface area contributed by atoms with E-state index in [0.717, 1.165) is 6.42 Å². The lowest BCUT2D eigenvalue weighted by atomic mass is 10.1. The minimum atomic E-state index is -2.65. The van der Waals surface area contributed by atoms with Crippen LogP contribution in [0.25, 0.3) is 0 Å². The van der Waals surface area contributed by atoms with Gasteiger partial charge in [-0.25, -0.2) is 4.79 Å². The Morgan fingerprint density at radius 3 is 1.74 bits per heavy atom. The van der Waals surface area contributed by atoms with Gasteiger partial charge in [-0.15, -0.1) is 0 Å². The molecule has 186 valence electrons. The molecule has 0 aliphatic carbocycles. The van der Waals surface area contributed by atoms with Crippen LogP contribution in [0.4, 0.5) is 0 Å². The summed E-state index contributed by atoms with van der Waals surface area (Å²) in [7, 11) is -4.69. The lowest BCUT2D eigenvalue weighted by molar-refractivity contribution is -0.167. The van der Waals surface area contributed by atoms with Crippen molar-refractivity contribution >= 4 is 33.0 Å². The Labute approximate surface area is 208 Å². The van der Waals surface area contributed by atoms with E-state index in [1.807, 2.05) is 12.1 Å². The molecule has 0 N–H and O–H groups in total. The molecule has 1 fully saturated rings. The van der Waals surface area contributed by atoms with E-state index in [-0.39, 0.29) is 22.1 Å². The van der Waals surface area contributed by atoms with Gasteiger partial charge in [0.2, 0.25) is 0 Å². The number of benzene rings is 2. The minimum absolute atomic E-state index is 0.0521. The van der Waals surface area contributed by atoms with Gasteiger partial charge in [-0.3, -0.25) is 0 Å². The fraction of sp³-hybridized carbons (Fsp3) is 0.536. The molecular formula is C28H42O4Si2. The van der Waals surface area contributed by atoms with E-state index in [1.54, 1.807) is 0 Å². The summed E-state index contributed by atoms with van der Waals surface area (Å²) in [5.41, 5.74) is 0. The Morgan fingerprint density at radius 2 is 1.32 bits per heavy atom. The molecule has 4 nitrogen and oxygen atoms in total. The molecule has 6 heteroatoms. The van der Waals surface area contributed by atoms with Crippen molar-refractivity contribution in [2.24, 2.45) is 0 Å². The third-order valence-corrected chi connectivity index (χ3v) is 16.9. The van der Waals surface area contributed by atoms with Crippen LogP contribution >= 0.6 is 0 Å². The first-order valence-electron chi connectivity index (χ1n) is 12.4. The van der Waals surface area contributed by atoms with Gasteiger partial charge in [-0.2, -0.15) is 0 Å². The van der Waals surface area contributed by atoms with Crippen molar-refractivity contribution < 1.29 is 18.4 Å². The van der Waals surface area contributed by atoms with Gasteiger partial charge in [0.1, 0.15) is 12.2 Å². The summed E-state index contributed by atoms with van der Waals surface area (Å²) in [4.78, 5) is 12.9. The zero-order chi connectivity index (χ0) is 25.2. The Morgan fingerprint density at radius 1 is 0.824 bits per heavy atom. The zero-order valence-electron chi connectivity index (χ0n) is 22.2. The maximum absolute atomic E-state index is 12.9. The van der Waals surface area contributed by atoms with Crippen LogP contribution in [0.1, 0.15) is 54.4 Å². The van der Waals surface area contributed by atoms with E-state index in [2.05, 4.69) is 103 Å². The van der Waals surface area contributed by atoms with E-state index in [4.69, 9.17) is 13.6 Å². The molecule has 34 heavy (non-hydrogen) atoms. The maximum atomic E-state index is 12.9. The summed E-state index contributed by atoms with van der Waals surface area (Å²) in [6.07, 6.45) is 0.710. The number of rotatable bonds is 7. The first-order valence-corrected chi connectivity index (χ1v) is 17.2. The molecule has 0 saturated carbocycles.